The van der Waals surface area contributed by atoms with Gasteiger partial charge in [-0.15, -0.1) is 0 Å². The van der Waals surface area contributed by atoms with Gasteiger partial charge in [0.15, 0.2) is 0 Å². The molecular formula is C16H25N3O2. The fraction of sp³-hybridized carbons (Fsp3) is 0.625. The minimum absolute atomic E-state index is 0.0385. The maximum absolute atomic E-state index is 12.9. The number of aromatic nitrogens is 1. The smallest absolute Gasteiger partial charge is 0.257 e. The van der Waals surface area contributed by atoms with Crippen molar-refractivity contribution in [2.24, 2.45) is 5.73 Å². The van der Waals surface area contributed by atoms with Gasteiger partial charge >= 0.3 is 0 Å². The molecule has 1 aliphatic carbocycles. The Labute approximate surface area is 126 Å². The molecule has 5 nitrogen and oxygen atoms in total. The van der Waals surface area contributed by atoms with Gasteiger partial charge in [-0.1, -0.05) is 6.92 Å². The number of nitrogens with zero attached hydrogens (tertiary/aromatic N) is 2. The Hall–Kier alpha value is -1.62. The SMILES string of the molecule is CCCN(C(=O)c1ccncc1OC)C1CCC(N)CC1. The molecule has 0 aliphatic heterocycles. The average Bonchev–Trinajstić information content (AvgIpc) is 2.53. The third-order valence-electron chi connectivity index (χ3n) is 4.14. The van der Waals surface area contributed by atoms with E-state index >= 15 is 0 Å². The Kier molecular flexibility index (Phi) is 5.56. The van der Waals surface area contributed by atoms with E-state index in [1.807, 2.05) is 4.90 Å². The number of rotatable bonds is 5. The first-order valence-corrected chi connectivity index (χ1v) is 7.72. The van der Waals surface area contributed by atoms with E-state index in [0.29, 0.717) is 11.3 Å². The molecule has 116 valence electrons. The predicted molar refractivity (Wildman–Crippen MR) is 82.3 cm³/mol. The quantitative estimate of drug-likeness (QED) is 0.903. The van der Waals surface area contributed by atoms with Gasteiger partial charge in [0.2, 0.25) is 0 Å². The summed E-state index contributed by atoms with van der Waals surface area (Å²) in [5.74, 6) is 0.577. The molecule has 0 unspecified atom stereocenters. The molecule has 0 aromatic carbocycles. The minimum atomic E-state index is 0.0385. The highest BCUT2D eigenvalue weighted by atomic mass is 16.5. The average molecular weight is 291 g/mol. The number of nitrogens with two attached hydrogens (primary N) is 1. The predicted octanol–water partition coefficient (Wildman–Crippen LogP) is 2.21. The fourth-order valence-electron chi connectivity index (χ4n) is 2.98. The van der Waals surface area contributed by atoms with Gasteiger partial charge in [0.05, 0.1) is 18.9 Å². The van der Waals surface area contributed by atoms with Crippen molar-refractivity contribution < 1.29 is 9.53 Å². The van der Waals surface area contributed by atoms with E-state index in [2.05, 4.69) is 11.9 Å². The lowest BCUT2D eigenvalue weighted by Gasteiger charge is -2.36. The number of amides is 1. The van der Waals surface area contributed by atoms with Gasteiger partial charge in [0.25, 0.3) is 5.91 Å². The zero-order chi connectivity index (χ0) is 15.2. The summed E-state index contributed by atoms with van der Waals surface area (Å²) in [6.07, 6.45) is 8.13. The van der Waals surface area contributed by atoms with Crippen molar-refractivity contribution in [2.75, 3.05) is 13.7 Å². The van der Waals surface area contributed by atoms with Crippen molar-refractivity contribution in [3.63, 3.8) is 0 Å². The Balaban J connectivity index is 2.19. The van der Waals surface area contributed by atoms with E-state index in [4.69, 9.17) is 10.5 Å². The van der Waals surface area contributed by atoms with Crippen LogP contribution in [0.25, 0.3) is 0 Å². The highest BCUT2D eigenvalue weighted by molar-refractivity contribution is 5.97. The molecule has 1 heterocycles. The first kappa shape index (κ1) is 15.8. The first-order chi connectivity index (χ1) is 10.2. The highest BCUT2D eigenvalue weighted by Crippen LogP contribution is 2.26. The van der Waals surface area contributed by atoms with Crippen molar-refractivity contribution in [1.29, 1.82) is 0 Å². The third-order valence-corrected chi connectivity index (χ3v) is 4.14. The molecule has 5 heteroatoms. The molecule has 1 saturated carbocycles. The summed E-state index contributed by atoms with van der Waals surface area (Å²) in [4.78, 5) is 18.9. The lowest BCUT2D eigenvalue weighted by molar-refractivity contribution is 0.0623. The summed E-state index contributed by atoms with van der Waals surface area (Å²) in [5, 5.41) is 0. The molecule has 2 rings (SSSR count). The van der Waals surface area contributed by atoms with E-state index < -0.39 is 0 Å². The lowest BCUT2D eigenvalue weighted by Crippen LogP contribution is -2.44. The summed E-state index contributed by atoms with van der Waals surface area (Å²) >= 11 is 0. The molecule has 1 amide bonds. The first-order valence-electron chi connectivity index (χ1n) is 7.72. The monoisotopic (exact) mass is 291 g/mol. The summed E-state index contributed by atoms with van der Waals surface area (Å²) in [5.41, 5.74) is 6.57. The lowest BCUT2D eigenvalue weighted by atomic mass is 9.90. The largest absolute Gasteiger partial charge is 0.494 e. The summed E-state index contributed by atoms with van der Waals surface area (Å²) in [7, 11) is 1.57. The van der Waals surface area contributed by atoms with E-state index in [1.165, 1.54) is 0 Å². The summed E-state index contributed by atoms with van der Waals surface area (Å²) in [6.45, 7) is 2.86. The van der Waals surface area contributed by atoms with Crippen molar-refractivity contribution >= 4 is 5.91 Å². The number of pyridine rings is 1. The van der Waals surface area contributed by atoms with Crippen molar-refractivity contribution in [1.82, 2.24) is 9.88 Å². The molecule has 0 bridgehead atoms. The van der Waals surface area contributed by atoms with Crippen molar-refractivity contribution in [2.45, 2.75) is 51.1 Å². The molecule has 0 radical (unpaired) electrons. The van der Waals surface area contributed by atoms with Crippen LogP contribution in [0.1, 0.15) is 49.4 Å². The third kappa shape index (κ3) is 3.73. The van der Waals surface area contributed by atoms with Crippen LogP contribution in [0.3, 0.4) is 0 Å². The number of carbonyl (C=O) groups excluding carboxylic acids is 1. The molecular weight excluding hydrogens is 266 g/mol. The minimum Gasteiger partial charge on any atom is -0.494 e. The van der Waals surface area contributed by atoms with Gasteiger partial charge in [0, 0.05) is 24.8 Å². The van der Waals surface area contributed by atoms with Crippen molar-refractivity contribution in [3.8, 4) is 5.75 Å². The van der Waals surface area contributed by atoms with Gasteiger partial charge < -0.3 is 15.4 Å². The Bertz CT molecular complexity index is 470. The second-order valence-electron chi connectivity index (χ2n) is 5.64. The molecule has 0 atom stereocenters. The van der Waals surface area contributed by atoms with Gasteiger partial charge in [-0.2, -0.15) is 0 Å². The second-order valence-corrected chi connectivity index (χ2v) is 5.64. The van der Waals surface area contributed by atoms with Crippen LogP contribution < -0.4 is 10.5 Å². The molecule has 2 N–H and O–H groups in total. The maximum atomic E-state index is 12.9. The maximum Gasteiger partial charge on any atom is 0.257 e. The Morgan fingerprint density at radius 2 is 2.14 bits per heavy atom. The number of methoxy groups -OCH3 is 1. The van der Waals surface area contributed by atoms with Crippen LogP contribution in [0.5, 0.6) is 5.75 Å². The van der Waals surface area contributed by atoms with E-state index in [1.54, 1.807) is 25.6 Å². The Morgan fingerprint density at radius 1 is 1.43 bits per heavy atom. The summed E-state index contributed by atoms with van der Waals surface area (Å²) < 4.78 is 5.27. The summed E-state index contributed by atoms with van der Waals surface area (Å²) in [6, 6.07) is 2.31. The zero-order valence-electron chi connectivity index (χ0n) is 12.9. The van der Waals surface area contributed by atoms with Gasteiger partial charge in [0.1, 0.15) is 5.75 Å². The van der Waals surface area contributed by atoms with Crippen LogP contribution in [0, 0.1) is 0 Å². The molecule has 1 aromatic rings. The Morgan fingerprint density at radius 3 is 2.76 bits per heavy atom. The molecule has 21 heavy (non-hydrogen) atoms. The molecule has 0 spiro atoms. The topological polar surface area (TPSA) is 68.5 Å². The van der Waals surface area contributed by atoms with Crippen molar-refractivity contribution in [3.05, 3.63) is 24.0 Å². The van der Waals surface area contributed by atoms with Gasteiger partial charge in [-0.05, 0) is 38.2 Å². The van der Waals surface area contributed by atoms with Crippen LogP contribution in [-0.2, 0) is 0 Å². The van der Waals surface area contributed by atoms with Crippen LogP contribution >= 0.6 is 0 Å². The number of carbonyl (C=O) groups is 1. The molecule has 0 saturated heterocycles. The molecule has 1 aliphatic rings. The van der Waals surface area contributed by atoms with E-state index in [-0.39, 0.29) is 18.0 Å². The highest BCUT2D eigenvalue weighted by Gasteiger charge is 2.29. The van der Waals surface area contributed by atoms with Gasteiger partial charge in [-0.25, -0.2) is 0 Å². The van der Waals surface area contributed by atoms with Crippen LogP contribution in [-0.4, -0.2) is 41.5 Å². The zero-order valence-corrected chi connectivity index (χ0v) is 12.9. The van der Waals surface area contributed by atoms with Crippen LogP contribution in [0.4, 0.5) is 0 Å². The van der Waals surface area contributed by atoms with Crippen LogP contribution in [0.2, 0.25) is 0 Å². The number of hydrogen-bond acceptors (Lipinski definition) is 4. The number of hydrogen-bond donors (Lipinski definition) is 1. The van der Waals surface area contributed by atoms with Crippen LogP contribution in [0.15, 0.2) is 18.5 Å². The normalized spacial score (nSPS) is 21.9. The molecule has 1 aromatic heterocycles. The standard InChI is InChI=1S/C16H25N3O2/c1-3-10-19(13-6-4-12(17)5-7-13)16(20)14-8-9-18-11-15(14)21-2/h8-9,11-13H,3-7,10,17H2,1-2H3. The fourth-order valence-corrected chi connectivity index (χ4v) is 2.98. The number of ether oxygens (including phenoxy) is 1. The van der Waals surface area contributed by atoms with E-state index in [0.717, 1.165) is 38.6 Å². The van der Waals surface area contributed by atoms with Gasteiger partial charge in [-0.3, -0.25) is 9.78 Å². The van der Waals surface area contributed by atoms with E-state index in [9.17, 15) is 4.79 Å². The second kappa shape index (κ2) is 7.41. The molecule has 1 fully saturated rings.